The number of carbonyl (C=O) groups is 1. The van der Waals surface area contributed by atoms with E-state index in [0.29, 0.717) is 17.0 Å². The quantitative estimate of drug-likeness (QED) is 0.677. The van der Waals surface area contributed by atoms with Crippen LogP contribution >= 0.6 is 0 Å². The van der Waals surface area contributed by atoms with Crippen molar-refractivity contribution in [1.29, 1.82) is 0 Å². The van der Waals surface area contributed by atoms with Crippen LogP contribution < -0.4 is 15.7 Å². The molecule has 0 aliphatic carbocycles. The van der Waals surface area contributed by atoms with Gasteiger partial charge in [0, 0.05) is 23.2 Å². The number of aryl methyl sites for hydroxylation is 1. The molecule has 1 atom stereocenters. The molecule has 2 aromatic carbocycles. The van der Waals surface area contributed by atoms with Gasteiger partial charge in [-0.25, -0.2) is 4.79 Å². The lowest BCUT2D eigenvalue weighted by Crippen LogP contribution is -2.30. The molecule has 1 N–H and O–H groups in total. The molecular formula is C21H21NO4. The number of amides is 1. The van der Waals surface area contributed by atoms with Crippen molar-refractivity contribution in [3.8, 4) is 5.75 Å². The summed E-state index contributed by atoms with van der Waals surface area (Å²) in [6.45, 7) is 3.73. The fraction of sp³-hybridized carbons (Fsp3) is 0.238. The zero-order valence-electron chi connectivity index (χ0n) is 14.8. The van der Waals surface area contributed by atoms with E-state index in [1.165, 1.54) is 6.07 Å². The fourth-order valence-electron chi connectivity index (χ4n) is 2.78. The second-order valence-electron chi connectivity index (χ2n) is 6.11. The van der Waals surface area contributed by atoms with Gasteiger partial charge in [-0.05, 0) is 43.2 Å². The summed E-state index contributed by atoms with van der Waals surface area (Å²) in [4.78, 5) is 24.0. The minimum absolute atomic E-state index is 0.252. The SMILES string of the molecule is CCCc1cc(=O)oc2cc(O[C@H](C)C(=O)Nc3ccccc3)ccc12. The minimum atomic E-state index is -0.696. The van der Waals surface area contributed by atoms with Gasteiger partial charge in [-0.15, -0.1) is 0 Å². The number of fused-ring (bicyclic) bond motifs is 1. The fourth-order valence-corrected chi connectivity index (χ4v) is 2.78. The number of hydrogen-bond acceptors (Lipinski definition) is 4. The normalized spacial score (nSPS) is 11.9. The Kier molecular flexibility index (Phi) is 5.37. The highest BCUT2D eigenvalue weighted by Gasteiger charge is 2.16. The van der Waals surface area contributed by atoms with E-state index in [0.717, 1.165) is 23.8 Å². The molecule has 1 heterocycles. The molecule has 0 saturated carbocycles. The maximum absolute atomic E-state index is 12.3. The van der Waals surface area contributed by atoms with Gasteiger partial charge in [-0.3, -0.25) is 4.79 Å². The monoisotopic (exact) mass is 351 g/mol. The topological polar surface area (TPSA) is 68.5 Å². The lowest BCUT2D eigenvalue weighted by Gasteiger charge is -2.15. The van der Waals surface area contributed by atoms with Gasteiger partial charge >= 0.3 is 5.63 Å². The van der Waals surface area contributed by atoms with E-state index in [4.69, 9.17) is 9.15 Å². The van der Waals surface area contributed by atoms with Crippen molar-refractivity contribution < 1.29 is 13.9 Å². The smallest absolute Gasteiger partial charge is 0.336 e. The molecular weight excluding hydrogens is 330 g/mol. The zero-order chi connectivity index (χ0) is 18.5. The Balaban J connectivity index is 1.78. The third kappa shape index (κ3) is 4.11. The van der Waals surface area contributed by atoms with E-state index in [-0.39, 0.29) is 11.5 Å². The number of anilines is 1. The van der Waals surface area contributed by atoms with Gasteiger partial charge in [-0.1, -0.05) is 31.5 Å². The van der Waals surface area contributed by atoms with Crippen LogP contribution in [0.5, 0.6) is 5.75 Å². The first kappa shape index (κ1) is 17.7. The lowest BCUT2D eigenvalue weighted by molar-refractivity contribution is -0.122. The van der Waals surface area contributed by atoms with Crippen LogP contribution in [0.1, 0.15) is 25.8 Å². The molecule has 134 valence electrons. The van der Waals surface area contributed by atoms with Crippen LogP contribution in [-0.4, -0.2) is 12.0 Å². The first-order valence-electron chi connectivity index (χ1n) is 8.66. The van der Waals surface area contributed by atoms with Gasteiger partial charge < -0.3 is 14.5 Å². The summed E-state index contributed by atoms with van der Waals surface area (Å²) in [5, 5.41) is 3.69. The summed E-state index contributed by atoms with van der Waals surface area (Å²) in [5.74, 6) is 0.225. The van der Waals surface area contributed by atoms with Crippen molar-refractivity contribution in [3.05, 3.63) is 70.6 Å². The molecule has 0 unspecified atom stereocenters. The number of rotatable bonds is 6. The maximum atomic E-state index is 12.3. The molecule has 0 bridgehead atoms. The van der Waals surface area contributed by atoms with Crippen molar-refractivity contribution in [2.75, 3.05) is 5.32 Å². The molecule has 3 rings (SSSR count). The van der Waals surface area contributed by atoms with Crippen LogP contribution in [0.15, 0.2) is 63.8 Å². The van der Waals surface area contributed by atoms with E-state index in [1.807, 2.05) is 36.4 Å². The third-order valence-corrected chi connectivity index (χ3v) is 4.04. The van der Waals surface area contributed by atoms with Crippen molar-refractivity contribution in [2.24, 2.45) is 0 Å². The molecule has 3 aromatic rings. The average molecular weight is 351 g/mol. The number of benzene rings is 2. The summed E-state index contributed by atoms with van der Waals surface area (Å²) in [6, 6.07) is 16.0. The molecule has 0 aliphatic rings. The van der Waals surface area contributed by atoms with Crippen LogP contribution in [0.4, 0.5) is 5.69 Å². The van der Waals surface area contributed by atoms with E-state index in [2.05, 4.69) is 12.2 Å². The molecule has 0 radical (unpaired) electrons. The highest BCUT2D eigenvalue weighted by Crippen LogP contribution is 2.24. The predicted molar refractivity (Wildman–Crippen MR) is 102 cm³/mol. The Morgan fingerprint density at radius 3 is 2.65 bits per heavy atom. The Bertz CT molecular complexity index is 963. The van der Waals surface area contributed by atoms with Gasteiger partial charge in [0.25, 0.3) is 5.91 Å². The summed E-state index contributed by atoms with van der Waals surface area (Å²) < 4.78 is 11.0. The van der Waals surface area contributed by atoms with Gasteiger partial charge in [0.15, 0.2) is 6.10 Å². The third-order valence-electron chi connectivity index (χ3n) is 4.04. The molecule has 0 saturated heterocycles. The second kappa shape index (κ2) is 7.87. The molecule has 0 spiro atoms. The van der Waals surface area contributed by atoms with E-state index >= 15 is 0 Å². The first-order chi connectivity index (χ1) is 12.6. The molecule has 5 heteroatoms. The molecule has 0 fully saturated rings. The standard InChI is InChI=1S/C21H21NO4/c1-3-7-15-12-20(23)26-19-13-17(10-11-18(15)19)25-14(2)21(24)22-16-8-5-4-6-9-16/h4-6,8-14H,3,7H2,1-2H3,(H,22,24)/t14-/m1/s1. The maximum Gasteiger partial charge on any atom is 0.336 e. The molecule has 1 amide bonds. The number of carbonyl (C=O) groups excluding carboxylic acids is 1. The Hall–Kier alpha value is -3.08. The van der Waals surface area contributed by atoms with Gasteiger partial charge in [0.1, 0.15) is 11.3 Å². The Morgan fingerprint density at radius 2 is 1.92 bits per heavy atom. The van der Waals surface area contributed by atoms with Crippen LogP contribution in [0.25, 0.3) is 11.0 Å². The van der Waals surface area contributed by atoms with Crippen LogP contribution in [0.2, 0.25) is 0 Å². The molecule has 1 aromatic heterocycles. The Morgan fingerprint density at radius 1 is 1.15 bits per heavy atom. The molecule has 0 aliphatic heterocycles. The first-order valence-corrected chi connectivity index (χ1v) is 8.66. The lowest BCUT2D eigenvalue weighted by atomic mass is 10.1. The van der Waals surface area contributed by atoms with Crippen molar-refractivity contribution >= 4 is 22.6 Å². The average Bonchev–Trinajstić information content (AvgIpc) is 2.62. The number of hydrogen-bond donors (Lipinski definition) is 1. The number of para-hydroxylation sites is 1. The number of nitrogens with one attached hydrogen (secondary N) is 1. The van der Waals surface area contributed by atoms with Crippen LogP contribution in [0, 0.1) is 0 Å². The van der Waals surface area contributed by atoms with Gasteiger partial charge in [-0.2, -0.15) is 0 Å². The Labute approximate surface area is 151 Å². The van der Waals surface area contributed by atoms with Crippen molar-refractivity contribution in [2.45, 2.75) is 32.8 Å². The van der Waals surface area contributed by atoms with Gasteiger partial charge in [0.2, 0.25) is 0 Å². The molecule has 26 heavy (non-hydrogen) atoms. The highest BCUT2D eigenvalue weighted by atomic mass is 16.5. The van der Waals surface area contributed by atoms with E-state index < -0.39 is 6.10 Å². The summed E-state index contributed by atoms with van der Waals surface area (Å²) in [7, 11) is 0. The van der Waals surface area contributed by atoms with Gasteiger partial charge in [0.05, 0.1) is 0 Å². The minimum Gasteiger partial charge on any atom is -0.481 e. The van der Waals surface area contributed by atoms with E-state index in [1.54, 1.807) is 19.1 Å². The van der Waals surface area contributed by atoms with Crippen molar-refractivity contribution in [1.82, 2.24) is 0 Å². The van der Waals surface area contributed by atoms with E-state index in [9.17, 15) is 9.59 Å². The van der Waals surface area contributed by atoms with Crippen LogP contribution in [0.3, 0.4) is 0 Å². The largest absolute Gasteiger partial charge is 0.481 e. The van der Waals surface area contributed by atoms with Crippen LogP contribution in [-0.2, 0) is 11.2 Å². The molecule has 5 nitrogen and oxygen atoms in total. The highest BCUT2D eigenvalue weighted by molar-refractivity contribution is 5.94. The summed E-state index contributed by atoms with van der Waals surface area (Å²) >= 11 is 0. The summed E-state index contributed by atoms with van der Waals surface area (Å²) in [6.07, 6.45) is 1.05. The zero-order valence-corrected chi connectivity index (χ0v) is 14.8. The second-order valence-corrected chi connectivity index (χ2v) is 6.11. The van der Waals surface area contributed by atoms with Crippen molar-refractivity contribution in [3.63, 3.8) is 0 Å². The predicted octanol–water partition coefficient (Wildman–Crippen LogP) is 4.15. The number of ether oxygens (including phenoxy) is 1. The summed E-state index contributed by atoms with van der Waals surface area (Å²) in [5.41, 5.74) is 1.75.